The molecule has 0 amide bonds. The van der Waals surface area contributed by atoms with Gasteiger partial charge in [-0.15, -0.1) is 0 Å². The fourth-order valence-corrected chi connectivity index (χ4v) is 5.00. The van der Waals surface area contributed by atoms with Crippen LogP contribution in [0.1, 0.15) is 59.8 Å². The quantitative estimate of drug-likeness (QED) is 0.589. The lowest BCUT2D eigenvalue weighted by Crippen LogP contribution is -2.35. The zero-order chi connectivity index (χ0) is 22.9. The fraction of sp³-hybridized carbons (Fsp3) is 0.480. The van der Waals surface area contributed by atoms with Crippen molar-refractivity contribution in [1.82, 2.24) is 20.1 Å². The van der Waals surface area contributed by atoms with Crippen molar-refractivity contribution in [1.29, 1.82) is 5.26 Å². The van der Waals surface area contributed by atoms with Crippen LogP contribution in [-0.2, 0) is 0 Å². The number of nitrogens with zero attached hydrogens (tertiary/aromatic N) is 7. The number of aryl methyl sites for hydroxylation is 3. The van der Waals surface area contributed by atoms with Gasteiger partial charge in [0.05, 0.1) is 22.5 Å². The first kappa shape index (κ1) is 21.4. The van der Waals surface area contributed by atoms with Gasteiger partial charge in [0.25, 0.3) is 0 Å². The highest BCUT2D eigenvalue weighted by Crippen LogP contribution is 2.37. The van der Waals surface area contributed by atoms with E-state index in [4.69, 9.17) is 14.5 Å². The molecule has 2 fully saturated rings. The molecule has 5 rings (SSSR count). The summed E-state index contributed by atoms with van der Waals surface area (Å²) in [5, 5.41) is 13.8. The van der Waals surface area contributed by atoms with Crippen LogP contribution >= 0.6 is 0 Å². The molecular formula is C25H29N7O. The van der Waals surface area contributed by atoms with Gasteiger partial charge in [-0.25, -0.2) is 15.0 Å². The number of hydrogen-bond acceptors (Lipinski definition) is 8. The van der Waals surface area contributed by atoms with Gasteiger partial charge in [0.2, 0.25) is 5.95 Å². The Hall–Kier alpha value is -3.47. The number of piperidine rings is 1. The lowest BCUT2D eigenvalue weighted by Gasteiger charge is -2.34. The summed E-state index contributed by atoms with van der Waals surface area (Å²) in [6.45, 7) is 9.56. The van der Waals surface area contributed by atoms with Crippen molar-refractivity contribution >= 4 is 11.8 Å². The minimum atomic E-state index is 0.280. The molecule has 8 heteroatoms. The van der Waals surface area contributed by atoms with E-state index >= 15 is 0 Å². The van der Waals surface area contributed by atoms with Crippen LogP contribution in [-0.4, -0.2) is 46.3 Å². The summed E-state index contributed by atoms with van der Waals surface area (Å²) in [7, 11) is 0. The van der Waals surface area contributed by atoms with Gasteiger partial charge in [0.15, 0.2) is 5.76 Å². The van der Waals surface area contributed by atoms with E-state index < -0.39 is 0 Å². The molecule has 3 aromatic rings. The topological polar surface area (TPSA) is 95.0 Å². The fourth-order valence-electron chi connectivity index (χ4n) is 5.00. The highest BCUT2D eigenvalue weighted by atomic mass is 16.5. The molecule has 0 saturated carbocycles. The third-order valence-electron chi connectivity index (χ3n) is 6.71. The van der Waals surface area contributed by atoms with E-state index in [1.165, 1.54) is 12.8 Å². The van der Waals surface area contributed by atoms with E-state index in [2.05, 4.69) is 26.0 Å². The summed E-state index contributed by atoms with van der Waals surface area (Å²) in [6, 6.07) is 6.28. The van der Waals surface area contributed by atoms with Crippen molar-refractivity contribution in [3.63, 3.8) is 0 Å². The van der Waals surface area contributed by atoms with Crippen LogP contribution in [0.3, 0.4) is 0 Å². The van der Waals surface area contributed by atoms with Gasteiger partial charge >= 0.3 is 0 Å². The standard InChI is InChI=1S/C25H29N7O/c1-16-12-17(2)28-24(20(16)14-26)31-10-6-19(7-11-31)23-21(22-13-18(3)30-33-22)15-27-25(29-23)32-8-4-5-9-32/h12-13,15,19H,4-11H2,1-3H3. The third kappa shape index (κ3) is 4.15. The van der Waals surface area contributed by atoms with Crippen LogP contribution in [0.25, 0.3) is 11.3 Å². The monoisotopic (exact) mass is 443 g/mol. The number of anilines is 2. The first-order valence-corrected chi connectivity index (χ1v) is 11.7. The smallest absolute Gasteiger partial charge is 0.225 e. The highest BCUT2D eigenvalue weighted by Gasteiger charge is 2.29. The number of pyridine rings is 1. The minimum absolute atomic E-state index is 0.280. The van der Waals surface area contributed by atoms with E-state index in [9.17, 15) is 5.26 Å². The van der Waals surface area contributed by atoms with E-state index in [0.29, 0.717) is 5.56 Å². The van der Waals surface area contributed by atoms with Gasteiger partial charge in [-0.05, 0) is 58.1 Å². The van der Waals surface area contributed by atoms with E-state index in [1.54, 1.807) is 0 Å². The molecule has 33 heavy (non-hydrogen) atoms. The van der Waals surface area contributed by atoms with Gasteiger partial charge in [0.1, 0.15) is 11.9 Å². The Morgan fingerprint density at radius 3 is 2.39 bits per heavy atom. The molecule has 2 aliphatic rings. The van der Waals surface area contributed by atoms with Crippen LogP contribution in [0.4, 0.5) is 11.8 Å². The number of hydrogen-bond donors (Lipinski definition) is 0. The Morgan fingerprint density at radius 2 is 1.73 bits per heavy atom. The predicted molar refractivity (Wildman–Crippen MR) is 126 cm³/mol. The lowest BCUT2D eigenvalue weighted by molar-refractivity contribution is 0.424. The van der Waals surface area contributed by atoms with Crippen molar-refractivity contribution < 1.29 is 4.52 Å². The molecule has 0 N–H and O–H groups in total. The van der Waals surface area contributed by atoms with E-state index in [0.717, 1.165) is 84.8 Å². The number of rotatable bonds is 4. The first-order chi connectivity index (χ1) is 16.0. The predicted octanol–water partition coefficient (Wildman–Crippen LogP) is 4.31. The van der Waals surface area contributed by atoms with Crippen molar-refractivity contribution in [3.05, 3.63) is 46.5 Å². The second-order valence-electron chi connectivity index (χ2n) is 9.15. The molecule has 0 aromatic carbocycles. The Bertz CT molecular complexity index is 1200. The Balaban J connectivity index is 1.44. The number of aromatic nitrogens is 4. The molecule has 0 atom stereocenters. The van der Waals surface area contributed by atoms with Gasteiger partial charge in [0, 0.05) is 50.1 Å². The molecule has 8 nitrogen and oxygen atoms in total. The Kier molecular flexibility index (Phi) is 5.71. The normalized spacial score (nSPS) is 16.9. The van der Waals surface area contributed by atoms with Crippen molar-refractivity contribution in [2.24, 2.45) is 0 Å². The Labute approximate surface area is 194 Å². The Morgan fingerprint density at radius 1 is 0.970 bits per heavy atom. The molecule has 2 saturated heterocycles. The molecule has 0 aliphatic carbocycles. The van der Waals surface area contributed by atoms with Crippen LogP contribution in [0, 0.1) is 32.1 Å². The molecule has 0 radical (unpaired) electrons. The molecule has 0 spiro atoms. The molecule has 2 aliphatic heterocycles. The SMILES string of the molecule is Cc1cc(-c2cnc(N3CCCC3)nc2C2CCN(c3nc(C)cc(C)c3C#N)CC2)on1. The van der Waals surface area contributed by atoms with Gasteiger partial charge in [-0.3, -0.25) is 0 Å². The summed E-state index contributed by atoms with van der Waals surface area (Å²) in [6.07, 6.45) is 6.13. The summed E-state index contributed by atoms with van der Waals surface area (Å²) < 4.78 is 5.59. The second kappa shape index (κ2) is 8.81. The highest BCUT2D eigenvalue weighted by molar-refractivity contribution is 5.62. The molecule has 0 unspecified atom stereocenters. The molecule has 0 bridgehead atoms. The maximum atomic E-state index is 9.69. The van der Waals surface area contributed by atoms with Crippen LogP contribution in [0.15, 0.2) is 22.9 Å². The second-order valence-corrected chi connectivity index (χ2v) is 9.15. The van der Waals surface area contributed by atoms with E-state index in [-0.39, 0.29) is 5.92 Å². The van der Waals surface area contributed by atoms with Gasteiger partial charge in [-0.2, -0.15) is 5.26 Å². The lowest BCUT2D eigenvalue weighted by atomic mass is 9.90. The van der Waals surface area contributed by atoms with Crippen molar-refractivity contribution in [3.8, 4) is 17.4 Å². The van der Waals surface area contributed by atoms with E-state index in [1.807, 2.05) is 39.1 Å². The maximum absolute atomic E-state index is 9.69. The zero-order valence-corrected chi connectivity index (χ0v) is 19.5. The molecule has 170 valence electrons. The first-order valence-electron chi connectivity index (χ1n) is 11.7. The average Bonchev–Trinajstić information content (AvgIpc) is 3.50. The summed E-state index contributed by atoms with van der Waals surface area (Å²) >= 11 is 0. The summed E-state index contributed by atoms with van der Waals surface area (Å²) in [5.74, 6) is 2.62. The van der Waals surface area contributed by atoms with Gasteiger partial charge in [-0.1, -0.05) is 5.16 Å². The van der Waals surface area contributed by atoms with Crippen LogP contribution in [0.5, 0.6) is 0 Å². The van der Waals surface area contributed by atoms with Crippen molar-refractivity contribution in [2.45, 2.75) is 52.4 Å². The summed E-state index contributed by atoms with van der Waals surface area (Å²) in [4.78, 5) is 19.0. The largest absolute Gasteiger partial charge is 0.356 e. The molecule has 3 aromatic heterocycles. The average molecular weight is 444 g/mol. The van der Waals surface area contributed by atoms with Crippen LogP contribution in [0.2, 0.25) is 0 Å². The maximum Gasteiger partial charge on any atom is 0.225 e. The number of nitriles is 1. The molecular weight excluding hydrogens is 414 g/mol. The van der Waals surface area contributed by atoms with Crippen molar-refractivity contribution in [2.75, 3.05) is 36.0 Å². The minimum Gasteiger partial charge on any atom is -0.356 e. The van der Waals surface area contributed by atoms with Crippen LogP contribution < -0.4 is 9.80 Å². The molecule has 5 heterocycles. The summed E-state index contributed by atoms with van der Waals surface area (Å²) in [5.41, 5.74) is 5.42. The third-order valence-corrected chi connectivity index (χ3v) is 6.71. The van der Waals surface area contributed by atoms with Gasteiger partial charge < -0.3 is 14.3 Å². The zero-order valence-electron chi connectivity index (χ0n) is 19.5.